The van der Waals surface area contributed by atoms with Crippen LogP contribution in [-0.2, 0) is 4.79 Å². The molecule has 1 rings (SSSR count). The zero-order valence-electron chi connectivity index (χ0n) is 10.8. The third-order valence-corrected chi connectivity index (χ3v) is 3.17. The maximum Gasteiger partial charge on any atom is 0.296 e. The van der Waals surface area contributed by atoms with Crippen LogP contribution in [-0.4, -0.2) is 21.5 Å². The number of aromatic hydroxyl groups is 1. The summed E-state index contributed by atoms with van der Waals surface area (Å²) in [5.41, 5.74) is 4.19. The summed E-state index contributed by atoms with van der Waals surface area (Å²) in [5.74, 6) is -0.917. The summed E-state index contributed by atoms with van der Waals surface area (Å²) < 4.78 is 0. The number of nitro benzene ring substituents is 1. The van der Waals surface area contributed by atoms with Crippen LogP contribution in [0, 0.1) is 10.1 Å². The van der Waals surface area contributed by atoms with Gasteiger partial charge in [0.2, 0.25) is 5.91 Å². The van der Waals surface area contributed by atoms with E-state index in [1.807, 2.05) is 0 Å². The second kappa shape index (κ2) is 5.66. The summed E-state index contributed by atoms with van der Waals surface area (Å²) >= 11 is 0. The highest BCUT2D eigenvalue weighted by atomic mass is 16.6. The Morgan fingerprint density at radius 1 is 1.47 bits per heavy atom. The van der Waals surface area contributed by atoms with Gasteiger partial charge in [-0.25, -0.2) is 0 Å². The lowest BCUT2D eigenvalue weighted by atomic mass is 9.93. The van der Waals surface area contributed by atoms with E-state index in [4.69, 9.17) is 5.73 Å². The Morgan fingerprint density at radius 2 is 2.05 bits per heavy atom. The number of nitrogens with two attached hydrogens (primary N) is 1. The molecule has 0 fully saturated rings. The number of anilines is 1. The number of nitro groups is 1. The molecule has 0 saturated heterocycles. The first-order valence-corrected chi connectivity index (χ1v) is 5.92. The molecule has 104 valence electrons. The highest BCUT2D eigenvalue weighted by Crippen LogP contribution is 2.33. The Hall–Kier alpha value is -2.15. The van der Waals surface area contributed by atoms with Crippen molar-refractivity contribution >= 4 is 17.3 Å². The van der Waals surface area contributed by atoms with Crippen molar-refractivity contribution in [2.24, 2.45) is 5.73 Å². The maximum absolute atomic E-state index is 12.1. The number of hydrogen-bond acceptors (Lipinski definition) is 5. The van der Waals surface area contributed by atoms with Crippen molar-refractivity contribution in [3.8, 4) is 5.75 Å². The number of amides is 1. The number of nitrogens with zero attached hydrogens (tertiary/aromatic N) is 1. The first-order valence-electron chi connectivity index (χ1n) is 5.92. The summed E-state index contributed by atoms with van der Waals surface area (Å²) in [6, 6.07) is 3.79. The smallest absolute Gasteiger partial charge is 0.296 e. The van der Waals surface area contributed by atoms with Gasteiger partial charge < -0.3 is 16.2 Å². The quantitative estimate of drug-likeness (QED) is 0.426. The van der Waals surface area contributed by atoms with Crippen LogP contribution in [0.1, 0.15) is 26.7 Å². The predicted molar refractivity (Wildman–Crippen MR) is 70.9 cm³/mol. The lowest BCUT2D eigenvalue weighted by Crippen LogP contribution is -2.50. The number of phenols is 1. The van der Waals surface area contributed by atoms with Gasteiger partial charge in [-0.1, -0.05) is 19.9 Å². The number of rotatable bonds is 5. The van der Waals surface area contributed by atoms with Crippen LogP contribution in [0.2, 0.25) is 0 Å². The number of carbonyl (C=O) groups excluding carboxylic acids is 1. The average molecular weight is 267 g/mol. The zero-order valence-corrected chi connectivity index (χ0v) is 10.8. The molecule has 4 N–H and O–H groups in total. The highest BCUT2D eigenvalue weighted by molar-refractivity contribution is 6.00. The van der Waals surface area contributed by atoms with Crippen LogP contribution in [0.5, 0.6) is 5.75 Å². The van der Waals surface area contributed by atoms with Crippen molar-refractivity contribution in [3.63, 3.8) is 0 Å². The van der Waals surface area contributed by atoms with Crippen LogP contribution in [0.15, 0.2) is 18.2 Å². The molecule has 0 radical (unpaired) electrons. The van der Waals surface area contributed by atoms with Crippen LogP contribution < -0.4 is 11.1 Å². The second-order valence-electron chi connectivity index (χ2n) is 4.25. The van der Waals surface area contributed by atoms with Gasteiger partial charge >= 0.3 is 0 Å². The monoisotopic (exact) mass is 267 g/mol. The van der Waals surface area contributed by atoms with Crippen molar-refractivity contribution in [1.29, 1.82) is 0 Å². The minimum absolute atomic E-state index is 0.228. The lowest BCUT2D eigenvalue weighted by Gasteiger charge is -2.25. The lowest BCUT2D eigenvalue weighted by molar-refractivity contribution is -0.384. The molecule has 0 spiro atoms. The fraction of sp³-hybridized carbons (Fsp3) is 0.417. The molecule has 0 aliphatic carbocycles. The average Bonchev–Trinajstić information content (AvgIpc) is 2.39. The van der Waals surface area contributed by atoms with Gasteiger partial charge in [0.25, 0.3) is 5.69 Å². The molecule has 0 atom stereocenters. The van der Waals surface area contributed by atoms with Gasteiger partial charge in [-0.05, 0) is 18.9 Å². The number of nitrogens with one attached hydrogen (secondary N) is 1. The molecule has 0 heterocycles. The van der Waals surface area contributed by atoms with E-state index in [9.17, 15) is 20.0 Å². The number of carbonyl (C=O) groups is 1. The third kappa shape index (κ3) is 3.00. The second-order valence-corrected chi connectivity index (χ2v) is 4.25. The first kappa shape index (κ1) is 14.9. The van der Waals surface area contributed by atoms with Crippen LogP contribution in [0.3, 0.4) is 0 Å². The van der Waals surface area contributed by atoms with Gasteiger partial charge in [-0.15, -0.1) is 0 Å². The first-order chi connectivity index (χ1) is 8.85. The summed E-state index contributed by atoms with van der Waals surface area (Å²) in [6.45, 7) is 3.50. The molecular weight excluding hydrogens is 250 g/mol. The molecule has 0 aromatic heterocycles. The normalized spacial score (nSPS) is 11.1. The van der Waals surface area contributed by atoms with E-state index in [1.54, 1.807) is 13.8 Å². The molecule has 0 saturated carbocycles. The minimum atomic E-state index is -1.11. The fourth-order valence-electron chi connectivity index (χ4n) is 1.62. The molecule has 7 nitrogen and oxygen atoms in total. The Morgan fingerprint density at radius 3 is 2.53 bits per heavy atom. The summed E-state index contributed by atoms with van der Waals surface area (Å²) in [7, 11) is 0. The Balaban J connectivity index is 3.13. The molecule has 0 aliphatic heterocycles. The van der Waals surface area contributed by atoms with Crippen molar-refractivity contribution in [2.75, 3.05) is 5.32 Å². The Bertz CT molecular complexity index is 498. The van der Waals surface area contributed by atoms with Gasteiger partial charge in [0.05, 0.1) is 10.5 Å². The number of hydrogen-bond donors (Lipinski definition) is 3. The molecule has 1 amide bonds. The Labute approximate surface area is 110 Å². The molecular formula is C12H17N3O4. The maximum atomic E-state index is 12.1. The summed E-state index contributed by atoms with van der Waals surface area (Å²) in [4.78, 5) is 22.2. The summed E-state index contributed by atoms with van der Waals surface area (Å²) in [6.07, 6.45) is 0.771. The molecule has 19 heavy (non-hydrogen) atoms. The van der Waals surface area contributed by atoms with Crippen molar-refractivity contribution in [1.82, 2.24) is 0 Å². The molecule has 1 aromatic carbocycles. The van der Waals surface area contributed by atoms with E-state index in [-0.39, 0.29) is 17.1 Å². The van der Waals surface area contributed by atoms with Crippen molar-refractivity contribution in [3.05, 3.63) is 28.3 Å². The standard InChI is InChI=1S/C12H17N3O4/c1-3-12(13,4-2)11(17)14-10-8(15(18)19)6-5-7-9(10)16/h5-7,16H,3-4,13H2,1-2H3,(H,14,17). The van der Waals surface area contributed by atoms with Crippen LogP contribution in [0.4, 0.5) is 11.4 Å². The zero-order chi connectivity index (χ0) is 14.6. The van der Waals surface area contributed by atoms with E-state index in [1.165, 1.54) is 18.2 Å². The van der Waals surface area contributed by atoms with E-state index < -0.39 is 16.4 Å². The fourth-order valence-corrected chi connectivity index (χ4v) is 1.62. The third-order valence-electron chi connectivity index (χ3n) is 3.17. The van der Waals surface area contributed by atoms with Crippen LogP contribution >= 0.6 is 0 Å². The highest BCUT2D eigenvalue weighted by Gasteiger charge is 2.32. The van der Waals surface area contributed by atoms with Gasteiger partial charge in [-0.2, -0.15) is 0 Å². The van der Waals surface area contributed by atoms with Gasteiger partial charge in [0.1, 0.15) is 5.75 Å². The van der Waals surface area contributed by atoms with Crippen molar-refractivity contribution < 1.29 is 14.8 Å². The number of phenolic OH excluding ortho intramolecular Hbond substituents is 1. The summed E-state index contributed by atoms with van der Waals surface area (Å²) in [5, 5.41) is 22.8. The van der Waals surface area contributed by atoms with E-state index >= 15 is 0 Å². The predicted octanol–water partition coefficient (Wildman–Crippen LogP) is 1.76. The van der Waals surface area contributed by atoms with Gasteiger partial charge in [0, 0.05) is 6.07 Å². The number of benzene rings is 1. The molecule has 1 aromatic rings. The van der Waals surface area contributed by atoms with Crippen LogP contribution in [0.25, 0.3) is 0 Å². The number of para-hydroxylation sites is 1. The molecule has 0 bridgehead atoms. The topological polar surface area (TPSA) is 118 Å². The van der Waals surface area contributed by atoms with E-state index in [0.717, 1.165) is 0 Å². The SMILES string of the molecule is CCC(N)(CC)C(=O)Nc1c(O)cccc1[N+](=O)[O-]. The largest absolute Gasteiger partial charge is 0.505 e. The molecule has 7 heteroatoms. The van der Waals surface area contributed by atoms with Gasteiger partial charge in [-0.3, -0.25) is 14.9 Å². The van der Waals surface area contributed by atoms with Crippen molar-refractivity contribution in [2.45, 2.75) is 32.2 Å². The van der Waals surface area contributed by atoms with Gasteiger partial charge in [0.15, 0.2) is 5.69 Å². The van der Waals surface area contributed by atoms with E-state index in [0.29, 0.717) is 12.8 Å². The molecule has 0 unspecified atom stereocenters. The molecule has 0 aliphatic rings. The minimum Gasteiger partial charge on any atom is -0.505 e. The van der Waals surface area contributed by atoms with E-state index in [2.05, 4.69) is 5.32 Å². The Kier molecular flexibility index (Phi) is 4.44.